The summed E-state index contributed by atoms with van der Waals surface area (Å²) in [4.78, 5) is 0. The Bertz CT molecular complexity index is 258. The van der Waals surface area contributed by atoms with E-state index in [2.05, 4.69) is 37.4 Å². The number of benzene rings is 1. The lowest BCUT2D eigenvalue weighted by atomic mass is 10.1. The smallest absolute Gasteiger partial charge is 0.0716 e. The first-order valence-electron chi connectivity index (χ1n) is 4.07. The average Bonchev–Trinajstić information content (AvgIpc) is 2.07. The van der Waals surface area contributed by atoms with Crippen molar-refractivity contribution in [3.63, 3.8) is 0 Å². The maximum Gasteiger partial charge on any atom is 0.0716 e. The van der Waals surface area contributed by atoms with E-state index in [9.17, 15) is 0 Å². The Morgan fingerprint density at radius 3 is 2.58 bits per heavy atom. The first-order chi connectivity index (χ1) is 5.74. The number of rotatable bonds is 3. The van der Waals surface area contributed by atoms with Crippen LogP contribution in [0.25, 0.3) is 0 Å². The first-order valence-corrected chi connectivity index (χ1v) is 4.60. The van der Waals surface area contributed by atoms with Crippen molar-refractivity contribution in [1.29, 1.82) is 0 Å². The largest absolute Gasteiger partial charge is 0.300 e. The lowest BCUT2D eigenvalue weighted by molar-refractivity contribution is 0.790. The molecule has 0 heterocycles. The van der Waals surface area contributed by atoms with Crippen LogP contribution in [0, 0.1) is 13.8 Å². The highest BCUT2D eigenvalue weighted by Gasteiger charge is 1.94. The Labute approximate surface area is 78.7 Å². The minimum atomic E-state index is 0.507. The minimum Gasteiger partial charge on any atom is -0.300 e. The second kappa shape index (κ2) is 4.48. The fraction of sp³-hybridized carbons (Fsp3) is 0.400. The van der Waals surface area contributed by atoms with Crippen LogP contribution in [0.1, 0.15) is 16.7 Å². The molecule has 0 unspecified atom stereocenters. The van der Waals surface area contributed by atoms with Gasteiger partial charge in [0.1, 0.15) is 0 Å². The van der Waals surface area contributed by atoms with Crippen LogP contribution in [0.4, 0.5) is 0 Å². The molecule has 0 bridgehead atoms. The monoisotopic (exact) mass is 183 g/mol. The highest BCUT2D eigenvalue weighted by Crippen LogP contribution is 2.09. The molecular weight excluding hydrogens is 170 g/mol. The van der Waals surface area contributed by atoms with Gasteiger partial charge in [0.05, 0.1) is 6.00 Å². The van der Waals surface area contributed by atoms with Gasteiger partial charge in [0.15, 0.2) is 0 Å². The Morgan fingerprint density at radius 2 is 2.00 bits per heavy atom. The summed E-state index contributed by atoms with van der Waals surface area (Å²) in [5.74, 6) is 0. The zero-order valence-corrected chi connectivity index (χ0v) is 8.28. The van der Waals surface area contributed by atoms with E-state index < -0.39 is 0 Å². The molecular formula is C10H14ClN. The molecule has 0 saturated carbocycles. The second-order valence-electron chi connectivity index (χ2n) is 2.98. The molecule has 0 fully saturated rings. The van der Waals surface area contributed by atoms with Crippen LogP contribution < -0.4 is 5.32 Å². The summed E-state index contributed by atoms with van der Waals surface area (Å²) in [7, 11) is 0. The van der Waals surface area contributed by atoms with Crippen LogP contribution in [-0.2, 0) is 6.54 Å². The van der Waals surface area contributed by atoms with Crippen molar-refractivity contribution in [1.82, 2.24) is 5.32 Å². The number of hydrogen-bond donors (Lipinski definition) is 1. The molecule has 0 atom stereocenters. The van der Waals surface area contributed by atoms with Crippen molar-refractivity contribution in [3.05, 3.63) is 34.9 Å². The Morgan fingerprint density at radius 1 is 1.25 bits per heavy atom. The van der Waals surface area contributed by atoms with Crippen LogP contribution in [0.15, 0.2) is 18.2 Å². The molecule has 0 spiro atoms. The maximum atomic E-state index is 5.51. The van der Waals surface area contributed by atoms with Gasteiger partial charge in [-0.1, -0.05) is 18.2 Å². The predicted molar refractivity (Wildman–Crippen MR) is 53.5 cm³/mol. The lowest BCUT2D eigenvalue weighted by Crippen LogP contribution is -2.10. The number of nitrogens with one attached hydrogen (secondary N) is 1. The molecule has 0 saturated heterocycles. The summed E-state index contributed by atoms with van der Waals surface area (Å²) in [5.41, 5.74) is 3.97. The lowest BCUT2D eigenvalue weighted by Gasteiger charge is -2.04. The highest BCUT2D eigenvalue weighted by molar-refractivity contribution is 6.17. The van der Waals surface area contributed by atoms with Gasteiger partial charge in [-0.15, -0.1) is 11.6 Å². The maximum absolute atomic E-state index is 5.51. The quantitative estimate of drug-likeness (QED) is 0.561. The Hall–Kier alpha value is -0.530. The van der Waals surface area contributed by atoms with E-state index in [-0.39, 0.29) is 0 Å². The van der Waals surface area contributed by atoms with Gasteiger partial charge in [-0.2, -0.15) is 0 Å². The normalized spacial score (nSPS) is 10.2. The average molecular weight is 184 g/mol. The molecule has 1 rings (SSSR count). The summed E-state index contributed by atoms with van der Waals surface area (Å²) < 4.78 is 0. The van der Waals surface area contributed by atoms with Crippen molar-refractivity contribution in [3.8, 4) is 0 Å². The van der Waals surface area contributed by atoms with Gasteiger partial charge >= 0.3 is 0 Å². The molecule has 0 aromatic heterocycles. The first kappa shape index (κ1) is 9.56. The van der Waals surface area contributed by atoms with Crippen LogP contribution in [0.3, 0.4) is 0 Å². The van der Waals surface area contributed by atoms with E-state index in [1.807, 2.05) is 0 Å². The summed E-state index contributed by atoms with van der Waals surface area (Å²) in [6, 6.07) is 6.96. The van der Waals surface area contributed by atoms with E-state index in [1.165, 1.54) is 16.7 Å². The predicted octanol–water partition coefficient (Wildman–Crippen LogP) is 2.59. The summed E-state index contributed by atoms with van der Waals surface area (Å²) in [6.07, 6.45) is 0. The van der Waals surface area contributed by atoms with Gasteiger partial charge in [-0.3, -0.25) is 5.32 Å². The zero-order valence-electron chi connectivity index (χ0n) is 7.52. The van der Waals surface area contributed by atoms with Gasteiger partial charge in [0, 0.05) is 6.54 Å². The fourth-order valence-electron chi connectivity index (χ4n) is 1.11. The topological polar surface area (TPSA) is 12.0 Å². The van der Waals surface area contributed by atoms with Crippen molar-refractivity contribution < 1.29 is 0 Å². The molecule has 12 heavy (non-hydrogen) atoms. The summed E-state index contributed by atoms with van der Waals surface area (Å²) >= 11 is 5.51. The molecule has 66 valence electrons. The molecule has 1 aromatic rings. The van der Waals surface area contributed by atoms with E-state index in [0.717, 1.165) is 6.54 Å². The zero-order chi connectivity index (χ0) is 8.97. The Kier molecular flexibility index (Phi) is 3.57. The fourth-order valence-corrected chi connectivity index (χ4v) is 1.20. The number of halogens is 1. The van der Waals surface area contributed by atoms with Gasteiger partial charge in [-0.25, -0.2) is 0 Å². The number of hydrogen-bond acceptors (Lipinski definition) is 1. The second-order valence-corrected chi connectivity index (χ2v) is 3.25. The molecule has 0 amide bonds. The molecule has 1 nitrogen and oxygen atoms in total. The van der Waals surface area contributed by atoms with E-state index >= 15 is 0 Å². The van der Waals surface area contributed by atoms with E-state index in [4.69, 9.17) is 11.6 Å². The van der Waals surface area contributed by atoms with Crippen molar-refractivity contribution >= 4 is 11.6 Å². The molecule has 1 N–H and O–H groups in total. The van der Waals surface area contributed by atoms with E-state index in [0.29, 0.717) is 6.00 Å². The molecule has 0 aliphatic carbocycles. The van der Waals surface area contributed by atoms with Gasteiger partial charge in [0.25, 0.3) is 0 Å². The molecule has 1 aromatic carbocycles. The number of aryl methyl sites for hydroxylation is 2. The molecule has 2 heteroatoms. The third-order valence-corrected chi connectivity index (χ3v) is 2.18. The number of alkyl halides is 1. The molecule has 0 aliphatic rings. The SMILES string of the molecule is Cc1ccc(CNCCl)cc1C. The van der Waals surface area contributed by atoms with Crippen LogP contribution >= 0.6 is 11.6 Å². The molecule has 0 radical (unpaired) electrons. The summed E-state index contributed by atoms with van der Waals surface area (Å²) in [6.45, 7) is 5.10. The third-order valence-electron chi connectivity index (χ3n) is 1.99. The van der Waals surface area contributed by atoms with Gasteiger partial charge in [0.2, 0.25) is 0 Å². The molecule has 0 aliphatic heterocycles. The van der Waals surface area contributed by atoms with Crippen LogP contribution in [0.5, 0.6) is 0 Å². The van der Waals surface area contributed by atoms with Gasteiger partial charge < -0.3 is 0 Å². The Balaban J connectivity index is 2.69. The van der Waals surface area contributed by atoms with Crippen molar-refractivity contribution in [2.75, 3.05) is 6.00 Å². The standard InChI is InChI=1S/C10H14ClN/c1-8-3-4-10(5-9(8)2)6-12-7-11/h3-5,12H,6-7H2,1-2H3. The van der Waals surface area contributed by atoms with Crippen LogP contribution in [0.2, 0.25) is 0 Å². The van der Waals surface area contributed by atoms with Crippen molar-refractivity contribution in [2.45, 2.75) is 20.4 Å². The highest BCUT2D eigenvalue weighted by atomic mass is 35.5. The van der Waals surface area contributed by atoms with Crippen LogP contribution in [-0.4, -0.2) is 6.00 Å². The van der Waals surface area contributed by atoms with Crippen molar-refractivity contribution in [2.24, 2.45) is 0 Å². The van der Waals surface area contributed by atoms with Gasteiger partial charge in [-0.05, 0) is 30.5 Å². The minimum absolute atomic E-state index is 0.507. The van der Waals surface area contributed by atoms with E-state index in [1.54, 1.807) is 0 Å². The third kappa shape index (κ3) is 2.50. The summed E-state index contributed by atoms with van der Waals surface area (Å²) in [5, 5.41) is 3.08.